The Morgan fingerprint density at radius 2 is 2.33 bits per heavy atom. The van der Waals surface area contributed by atoms with Gasteiger partial charge in [-0.3, -0.25) is 9.78 Å². The normalized spacial score (nSPS) is 16.1. The van der Waals surface area contributed by atoms with Crippen LogP contribution in [0.1, 0.15) is 43.6 Å². The maximum atomic E-state index is 12.0. The summed E-state index contributed by atoms with van der Waals surface area (Å²) in [7, 11) is 0. The van der Waals surface area contributed by atoms with Crippen LogP contribution in [0.2, 0.25) is 0 Å². The van der Waals surface area contributed by atoms with E-state index in [2.05, 4.69) is 29.5 Å². The lowest BCUT2D eigenvalue weighted by Gasteiger charge is -2.12. The highest BCUT2D eigenvalue weighted by molar-refractivity contribution is 5.93. The molecule has 1 fully saturated rings. The molecule has 4 nitrogen and oxygen atoms in total. The fourth-order valence-electron chi connectivity index (χ4n) is 1.93. The molecule has 1 aromatic heterocycles. The molecular weight excluding hydrogens is 226 g/mol. The van der Waals surface area contributed by atoms with Gasteiger partial charge in [-0.15, -0.1) is 0 Å². The number of hydrogen-bond acceptors (Lipinski definition) is 3. The molecule has 0 bridgehead atoms. The molecule has 1 aromatic rings. The molecule has 2 rings (SSSR count). The zero-order valence-electron chi connectivity index (χ0n) is 11.1. The summed E-state index contributed by atoms with van der Waals surface area (Å²) in [6.45, 7) is 5.08. The molecule has 0 aromatic carbocycles. The van der Waals surface area contributed by atoms with Crippen molar-refractivity contribution >= 4 is 11.6 Å². The van der Waals surface area contributed by atoms with Crippen LogP contribution in [0.3, 0.4) is 0 Å². The maximum absolute atomic E-state index is 12.0. The van der Waals surface area contributed by atoms with Gasteiger partial charge in [0.15, 0.2) is 0 Å². The Hall–Kier alpha value is -1.58. The van der Waals surface area contributed by atoms with Crippen molar-refractivity contribution in [1.82, 2.24) is 10.3 Å². The van der Waals surface area contributed by atoms with Crippen molar-refractivity contribution in [2.24, 2.45) is 5.92 Å². The highest BCUT2D eigenvalue weighted by Gasteiger charge is 2.29. The van der Waals surface area contributed by atoms with Crippen molar-refractivity contribution in [2.75, 3.05) is 11.9 Å². The summed E-state index contributed by atoms with van der Waals surface area (Å²) in [5.74, 6) is 0.588. The van der Waals surface area contributed by atoms with E-state index in [-0.39, 0.29) is 11.9 Å². The Morgan fingerprint density at radius 1 is 1.56 bits per heavy atom. The van der Waals surface area contributed by atoms with Gasteiger partial charge >= 0.3 is 0 Å². The maximum Gasteiger partial charge on any atom is 0.270 e. The molecule has 1 amide bonds. The summed E-state index contributed by atoms with van der Waals surface area (Å²) >= 11 is 0. The van der Waals surface area contributed by atoms with E-state index in [0.717, 1.165) is 18.7 Å². The molecule has 1 saturated carbocycles. The van der Waals surface area contributed by atoms with Gasteiger partial charge in [0, 0.05) is 24.5 Å². The summed E-state index contributed by atoms with van der Waals surface area (Å²) in [6, 6.07) is 3.95. The van der Waals surface area contributed by atoms with Gasteiger partial charge < -0.3 is 10.6 Å². The molecule has 4 heteroatoms. The predicted octanol–water partition coefficient (Wildman–Crippen LogP) is 2.43. The number of rotatable bonds is 6. The van der Waals surface area contributed by atoms with Gasteiger partial charge in [-0.1, -0.05) is 6.92 Å². The van der Waals surface area contributed by atoms with Crippen LogP contribution >= 0.6 is 0 Å². The lowest BCUT2D eigenvalue weighted by atomic mass is 10.2. The van der Waals surface area contributed by atoms with E-state index in [1.807, 2.05) is 12.1 Å². The quantitative estimate of drug-likeness (QED) is 0.811. The average molecular weight is 247 g/mol. The van der Waals surface area contributed by atoms with E-state index in [1.54, 1.807) is 6.20 Å². The first-order valence-electron chi connectivity index (χ1n) is 6.71. The Kier molecular flexibility index (Phi) is 4.18. The van der Waals surface area contributed by atoms with Crippen LogP contribution in [-0.4, -0.2) is 23.5 Å². The number of hydrogen-bond donors (Lipinski definition) is 2. The predicted molar refractivity (Wildman–Crippen MR) is 72.7 cm³/mol. The molecule has 1 atom stereocenters. The van der Waals surface area contributed by atoms with E-state index < -0.39 is 0 Å². The number of pyridine rings is 1. The molecule has 2 N–H and O–H groups in total. The van der Waals surface area contributed by atoms with Crippen molar-refractivity contribution in [1.29, 1.82) is 0 Å². The Balaban J connectivity index is 1.95. The third-order valence-corrected chi connectivity index (χ3v) is 3.26. The third-order valence-electron chi connectivity index (χ3n) is 3.26. The number of nitrogens with one attached hydrogen (secondary N) is 2. The number of amides is 1. The van der Waals surface area contributed by atoms with Crippen LogP contribution in [0.15, 0.2) is 18.3 Å². The molecular formula is C14H21N3O. The average Bonchev–Trinajstić information content (AvgIpc) is 3.21. The molecule has 18 heavy (non-hydrogen) atoms. The number of nitrogens with zero attached hydrogens (tertiary/aromatic N) is 1. The topological polar surface area (TPSA) is 54.0 Å². The van der Waals surface area contributed by atoms with Gasteiger partial charge in [0.1, 0.15) is 5.69 Å². The number of anilines is 1. The van der Waals surface area contributed by atoms with Crippen LogP contribution in [-0.2, 0) is 0 Å². The second-order valence-electron chi connectivity index (χ2n) is 4.96. The first kappa shape index (κ1) is 12.9. The first-order chi connectivity index (χ1) is 8.70. The lowest BCUT2D eigenvalue weighted by Crippen LogP contribution is -2.34. The smallest absolute Gasteiger partial charge is 0.270 e. The molecule has 1 aliphatic rings. The minimum Gasteiger partial charge on any atom is -0.385 e. The third kappa shape index (κ3) is 3.45. The molecule has 0 radical (unpaired) electrons. The standard InChI is InChI=1S/C14H21N3O/c1-3-7-15-12-6-8-16-13(9-12)14(18)17-10(2)11-4-5-11/h6,8-11H,3-5,7H2,1-2H3,(H,15,16)(H,17,18). The molecule has 0 spiro atoms. The van der Waals surface area contributed by atoms with Crippen LogP contribution in [0.4, 0.5) is 5.69 Å². The minimum atomic E-state index is -0.0745. The van der Waals surface area contributed by atoms with Gasteiger partial charge in [-0.2, -0.15) is 0 Å². The van der Waals surface area contributed by atoms with Crippen molar-refractivity contribution in [3.63, 3.8) is 0 Å². The Bertz CT molecular complexity index is 415. The monoisotopic (exact) mass is 247 g/mol. The summed E-state index contributed by atoms with van der Waals surface area (Å²) in [4.78, 5) is 16.1. The van der Waals surface area contributed by atoms with Crippen LogP contribution in [0, 0.1) is 5.92 Å². The molecule has 0 aliphatic heterocycles. The van der Waals surface area contributed by atoms with Gasteiger partial charge in [0.05, 0.1) is 0 Å². The SMILES string of the molecule is CCCNc1ccnc(C(=O)NC(C)C2CC2)c1. The summed E-state index contributed by atoms with van der Waals surface area (Å²) < 4.78 is 0. The van der Waals surface area contributed by atoms with Crippen molar-refractivity contribution in [3.8, 4) is 0 Å². The Labute approximate surface area is 108 Å². The molecule has 98 valence electrons. The fraction of sp³-hybridized carbons (Fsp3) is 0.571. The van der Waals surface area contributed by atoms with Crippen LogP contribution < -0.4 is 10.6 Å². The molecule has 1 heterocycles. The summed E-state index contributed by atoms with van der Waals surface area (Å²) in [5, 5.41) is 6.27. The van der Waals surface area contributed by atoms with Gasteiger partial charge in [-0.05, 0) is 44.2 Å². The molecule has 1 aliphatic carbocycles. The summed E-state index contributed by atoms with van der Waals surface area (Å²) in [5.41, 5.74) is 1.44. The van der Waals surface area contributed by atoms with Crippen molar-refractivity contribution in [2.45, 2.75) is 39.2 Å². The zero-order valence-corrected chi connectivity index (χ0v) is 11.1. The van der Waals surface area contributed by atoms with E-state index in [9.17, 15) is 4.79 Å². The van der Waals surface area contributed by atoms with Gasteiger partial charge in [0.25, 0.3) is 5.91 Å². The van der Waals surface area contributed by atoms with Gasteiger partial charge in [-0.25, -0.2) is 0 Å². The van der Waals surface area contributed by atoms with E-state index in [1.165, 1.54) is 12.8 Å². The first-order valence-corrected chi connectivity index (χ1v) is 6.71. The summed E-state index contributed by atoms with van der Waals surface area (Å²) in [6.07, 6.45) is 5.19. The zero-order chi connectivity index (χ0) is 13.0. The fourth-order valence-corrected chi connectivity index (χ4v) is 1.93. The number of carbonyl (C=O) groups excluding carboxylic acids is 1. The van der Waals surface area contributed by atoms with E-state index >= 15 is 0 Å². The van der Waals surface area contributed by atoms with Crippen LogP contribution in [0.5, 0.6) is 0 Å². The number of carbonyl (C=O) groups is 1. The molecule has 1 unspecified atom stereocenters. The highest BCUT2D eigenvalue weighted by Crippen LogP contribution is 2.32. The van der Waals surface area contributed by atoms with Gasteiger partial charge in [0.2, 0.25) is 0 Å². The van der Waals surface area contributed by atoms with Crippen LogP contribution in [0.25, 0.3) is 0 Å². The second kappa shape index (κ2) is 5.85. The lowest BCUT2D eigenvalue weighted by molar-refractivity contribution is 0.0931. The van der Waals surface area contributed by atoms with E-state index in [0.29, 0.717) is 11.6 Å². The number of aromatic nitrogens is 1. The minimum absolute atomic E-state index is 0.0745. The Morgan fingerprint density at radius 3 is 3.00 bits per heavy atom. The van der Waals surface area contributed by atoms with E-state index in [4.69, 9.17) is 0 Å². The largest absolute Gasteiger partial charge is 0.385 e. The highest BCUT2D eigenvalue weighted by atomic mass is 16.1. The van der Waals surface area contributed by atoms with Crippen molar-refractivity contribution in [3.05, 3.63) is 24.0 Å². The second-order valence-corrected chi connectivity index (χ2v) is 4.96. The van der Waals surface area contributed by atoms with Crippen molar-refractivity contribution < 1.29 is 4.79 Å². The molecule has 0 saturated heterocycles.